The molecule has 0 saturated heterocycles. The summed E-state index contributed by atoms with van der Waals surface area (Å²) < 4.78 is 4.91. The smallest absolute Gasteiger partial charge is 0.338 e. The molecule has 1 aromatic carbocycles. The van der Waals surface area contributed by atoms with Crippen molar-refractivity contribution >= 4 is 39.9 Å². The van der Waals surface area contributed by atoms with Crippen molar-refractivity contribution < 1.29 is 19.1 Å². The van der Waals surface area contributed by atoms with E-state index in [1.165, 1.54) is 23.7 Å². The molecule has 0 aliphatic carbocycles. The summed E-state index contributed by atoms with van der Waals surface area (Å²) in [6, 6.07) is 8.01. The van der Waals surface area contributed by atoms with Gasteiger partial charge in [-0.05, 0) is 37.3 Å². The third-order valence-electron chi connectivity index (χ3n) is 3.56. The molecule has 0 radical (unpaired) electrons. The average molecular weight is 411 g/mol. The van der Waals surface area contributed by atoms with Crippen molar-refractivity contribution in [2.24, 2.45) is 0 Å². The first kappa shape index (κ1) is 20.1. The van der Waals surface area contributed by atoms with Crippen molar-refractivity contribution in [3.8, 4) is 0 Å². The van der Waals surface area contributed by atoms with Crippen LogP contribution in [-0.2, 0) is 16.0 Å². The molecule has 2 N–H and O–H groups in total. The molecule has 29 heavy (non-hydrogen) atoms. The number of anilines is 2. The van der Waals surface area contributed by atoms with E-state index in [4.69, 9.17) is 4.74 Å². The third-order valence-corrected chi connectivity index (χ3v) is 4.37. The van der Waals surface area contributed by atoms with Gasteiger partial charge in [0.05, 0.1) is 24.3 Å². The van der Waals surface area contributed by atoms with Gasteiger partial charge in [0.2, 0.25) is 11.7 Å². The Morgan fingerprint density at radius 3 is 2.48 bits per heavy atom. The second-order valence-corrected chi connectivity index (χ2v) is 6.55. The Balaban J connectivity index is 1.53. The number of esters is 1. The Kier molecular flexibility index (Phi) is 6.59. The average Bonchev–Trinajstić information content (AvgIpc) is 3.15. The second kappa shape index (κ2) is 9.51. The highest BCUT2D eigenvalue weighted by molar-refractivity contribution is 7.14. The lowest BCUT2D eigenvalue weighted by atomic mass is 10.2. The third kappa shape index (κ3) is 5.66. The summed E-state index contributed by atoms with van der Waals surface area (Å²) in [7, 11) is 0. The molecule has 2 amide bonds. The fourth-order valence-electron chi connectivity index (χ4n) is 2.29. The van der Waals surface area contributed by atoms with Gasteiger partial charge in [-0.3, -0.25) is 14.9 Å². The van der Waals surface area contributed by atoms with Crippen LogP contribution in [0.5, 0.6) is 0 Å². The van der Waals surface area contributed by atoms with Crippen molar-refractivity contribution in [3.63, 3.8) is 0 Å². The number of hydrogen-bond acceptors (Lipinski definition) is 8. The van der Waals surface area contributed by atoms with Gasteiger partial charge in [0, 0.05) is 23.5 Å². The maximum atomic E-state index is 12.2. The molecule has 9 nitrogen and oxygen atoms in total. The van der Waals surface area contributed by atoms with E-state index in [9.17, 15) is 14.4 Å². The minimum Gasteiger partial charge on any atom is -0.462 e. The van der Waals surface area contributed by atoms with E-state index in [1.807, 2.05) is 0 Å². The highest BCUT2D eigenvalue weighted by Gasteiger charge is 2.13. The molecule has 2 aromatic heterocycles. The largest absolute Gasteiger partial charge is 0.462 e. The van der Waals surface area contributed by atoms with Crippen LogP contribution in [0, 0.1) is 0 Å². The topological polar surface area (TPSA) is 123 Å². The number of thiazole rings is 1. The zero-order valence-electron chi connectivity index (χ0n) is 15.4. The summed E-state index contributed by atoms with van der Waals surface area (Å²) in [5.41, 5.74) is 1.47. The summed E-state index contributed by atoms with van der Waals surface area (Å²) in [6.45, 7) is 2.03. The van der Waals surface area contributed by atoms with Crippen LogP contribution in [-0.4, -0.2) is 39.3 Å². The first-order chi connectivity index (χ1) is 14.0. The van der Waals surface area contributed by atoms with Crippen molar-refractivity contribution in [1.82, 2.24) is 15.0 Å². The number of nitrogens with one attached hydrogen (secondary N) is 2. The highest BCUT2D eigenvalue weighted by atomic mass is 32.1. The predicted molar refractivity (Wildman–Crippen MR) is 107 cm³/mol. The van der Waals surface area contributed by atoms with Crippen LogP contribution in [0.25, 0.3) is 0 Å². The molecular formula is C19H17N5O4S. The van der Waals surface area contributed by atoms with E-state index >= 15 is 0 Å². The van der Waals surface area contributed by atoms with Gasteiger partial charge in [0.25, 0.3) is 5.91 Å². The monoisotopic (exact) mass is 411 g/mol. The van der Waals surface area contributed by atoms with Crippen LogP contribution >= 0.6 is 11.3 Å². The Labute approximate surface area is 170 Å². The first-order valence-electron chi connectivity index (χ1n) is 8.65. The van der Waals surface area contributed by atoms with E-state index in [2.05, 4.69) is 25.6 Å². The van der Waals surface area contributed by atoms with Crippen LogP contribution in [0.3, 0.4) is 0 Å². The molecule has 0 bridgehead atoms. The number of carbonyl (C=O) groups is 3. The van der Waals surface area contributed by atoms with Crippen molar-refractivity contribution in [3.05, 3.63) is 65.2 Å². The lowest BCUT2D eigenvalue weighted by Crippen LogP contribution is -2.16. The van der Waals surface area contributed by atoms with E-state index < -0.39 is 11.9 Å². The molecule has 0 spiro atoms. The van der Waals surface area contributed by atoms with Gasteiger partial charge in [-0.15, -0.1) is 11.3 Å². The number of ether oxygens (including phenoxy) is 1. The molecule has 0 aliphatic heterocycles. The van der Waals surface area contributed by atoms with Gasteiger partial charge >= 0.3 is 5.97 Å². The summed E-state index contributed by atoms with van der Waals surface area (Å²) >= 11 is 1.20. The van der Waals surface area contributed by atoms with E-state index in [0.29, 0.717) is 28.7 Å². The fraction of sp³-hybridized carbons (Fsp3) is 0.158. The number of amides is 2. The normalized spacial score (nSPS) is 10.2. The van der Waals surface area contributed by atoms with Crippen LogP contribution in [0.4, 0.5) is 10.8 Å². The number of hydrogen-bond donors (Lipinski definition) is 2. The van der Waals surface area contributed by atoms with Crippen LogP contribution in [0.15, 0.2) is 48.1 Å². The maximum absolute atomic E-state index is 12.2. The van der Waals surface area contributed by atoms with Gasteiger partial charge in [-0.25, -0.2) is 19.7 Å². The Hall–Kier alpha value is -3.66. The lowest BCUT2D eigenvalue weighted by Gasteiger charge is -2.06. The van der Waals surface area contributed by atoms with Gasteiger partial charge in [0.1, 0.15) is 0 Å². The van der Waals surface area contributed by atoms with Crippen LogP contribution < -0.4 is 10.6 Å². The minimum atomic E-state index is -0.474. The summed E-state index contributed by atoms with van der Waals surface area (Å²) in [5, 5.41) is 7.36. The SMILES string of the molecule is CCOC(=O)c1ccc(NC(=O)Cc2csc(NC(=O)c3ncccn3)n2)cc1. The standard InChI is InChI=1S/C19H17N5O4S/c1-2-28-18(27)12-4-6-13(7-5-12)22-15(25)10-14-11-29-19(23-14)24-17(26)16-20-8-3-9-21-16/h3-9,11H,2,10H2,1H3,(H,22,25)(H,23,24,26). The Morgan fingerprint density at radius 1 is 1.07 bits per heavy atom. The number of benzene rings is 1. The lowest BCUT2D eigenvalue weighted by molar-refractivity contribution is -0.115. The summed E-state index contributed by atoms with van der Waals surface area (Å²) in [4.78, 5) is 47.8. The zero-order valence-corrected chi connectivity index (χ0v) is 16.2. The molecule has 10 heteroatoms. The molecule has 0 atom stereocenters. The summed E-state index contributed by atoms with van der Waals surface area (Å²) in [5.74, 6) is -1.13. The van der Waals surface area contributed by atoms with Crippen molar-refractivity contribution in [2.75, 3.05) is 17.2 Å². The molecule has 0 fully saturated rings. The molecule has 2 heterocycles. The van der Waals surface area contributed by atoms with Crippen LogP contribution in [0.1, 0.15) is 33.6 Å². The van der Waals surface area contributed by atoms with E-state index in [-0.39, 0.29) is 18.2 Å². The van der Waals surface area contributed by atoms with Gasteiger partial charge in [-0.1, -0.05) is 0 Å². The molecule has 148 valence electrons. The maximum Gasteiger partial charge on any atom is 0.338 e. The van der Waals surface area contributed by atoms with Crippen LogP contribution in [0.2, 0.25) is 0 Å². The number of aromatic nitrogens is 3. The van der Waals surface area contributed by atoms with E-state index in [0.717, 1.165) is 0 Å². The molecule has 3 rings (SSSR count). The molecule has 3 aromatic rings. The number of rotatable bonds is 7. The minimum absolute atomic E-state index is 0.0354. The van der Waals surface area contributed by atoms with Crippen molar-refractivity contribution in [2.45, 2.75) is 13.3 Å². The number of nitrogens with zero attached hydrogens (tertiary/aromatic N) is 3. The van der Waals surface area contributed by atoms with Gasteiger partial charge < -0.3 is 10.1 Å². The Bertz CT molecular complexity index is 1000. The quantitative estimate of drug-likeness (QED) is 0.573. The molecule has 0 unspecified atom stereocenters. The molecule has 0 aliphatic rings. The zero-order chi connectivity index (χ0) is 20.6. The van der Waals surface area contributed by atoms with Gasteiger partial charge in [0.15, 0.2) is 5.13 Å². The second-order valence-electron chi connectivity index (χ2n) is 5.69. The number of carbonyl (C=O) groups excluding carboxylic acids is 3. The summed E-state index contributed by atoms with van der Waals surface area (Å²) in [6.07, 6.45) is 2.98. The van der Waals surface area contributed by atoms with E-state index in [1.54, 1.807) is 42.6 Å². The highest BCUT2D eigenvalue weighted by Crippen LogP contribution is 2.17. The van der Waals surface area contributed by atoms with Gasteiger partial charge in [-0.2, -0.15) is 0 Å². The Morgan fingerprint density at radius 2 is 1.79 bits per heavy atom. The predicted octanol–water partition coefficient (Wildman–Crippen LogP) is 2.54. The first-order valence-corrected chi connectivity index (χ1v) is 9.53. The molecule has 0 saturated carbocycles. The van der Waals surface area contributed by atoms with Crippen molar-refractivity contribution in [1.29, 1.82) is 0 Å². The molecular weight excluding hydrogens is 394 g/mol. The fourth-order valence-corrected chi connectivity index (χ4v) is 2.99.